The molecule has 2 aliphatic carbocycles. The second-order valence-corrected chi connectivity index (χ2v) is 11.8. The van der Waals surface area contributed by atoms with E-state index in [0.29, 0.717) is 18.4 Å². The van der Waals surface area contributed by atoms with Crippen LogP contribution < -0.4 is 0 Å². The number of carbonyl (C=O) groups is 3. The Hall–Kier alpha value is -3.01. The molecule has 0 saturated heterocycles. The maximum atomic E-state index is 14.6. The molecule has 0 radical (unpaired) electrons. The first-order chi connectivity index (χ1) is 16.7. The van der Waals surface area contributed by atoms with Gasteiger partial charge in [0.15, 0.2) is 17.3 Å². The lowest BCUT2D eigenvalue weighted by molar-refractivity contribution is -0.170. The van der Waals surface area contributed by atoms with Gasteiger partial charge in [-0.3, -0.25) is 14.4 Å². The molecule has 1 N–H and O–H groups in total. The number of rotatable bonds is 6. The van der Waals surface area contributed by atoms with Crippen LogP contribution in [0.25, 0.3) is 5.76 Å². The topological polar surface area (TPSA) is 71.4 Å². The van der Waals surface area contributed by atoms with Gasteiger partial charge in [-0.25, -0.2) is 0 Å². The first kappa shape index (κ1) is 27.6. The van der Waals surface area contributed by atoms with Gasteiger partial charge in [-0.1, -0.05) is 79.1 Å². The second-order valence-electron chi connectivity index (χ2n) is 11.8. The van der Waals surface area contributed by atoms with Gasteiger partial charge >= 0.3 is 0 Å². The number of ketones is 3. The van der Waals surface area contributed by atoms with Crippen molar-refractivity contribution in [2.24, 2.45) is 22.2 Å². The molecule has 0 heterocycles. The van der Waals surface area contributed by atoms with Gasteiger partial charge < -0.3 is 5.11 Å². The maximum absolute atomic E-state index is 14.6. The molecule has 2 aliphatic rings. The number of hydrogen-bond donors (Lipinski definition) is 1. The van der Waals surface area contributed by atoms with Crippen molar-refractivity contribution in [1.29, 1.82) is 0 Å². The van der Waals surface area contributed by atoms with E-state index in [4.69, 9.17) is 0 Å². The summed E-state index contributed by atoms with van der Waals surface area (Å²) in [7, 11) is 0. The van der Waals surface area contributed by atoms with E-state index in [1.54, 1.807) is 30.3 Å². The fourth-order valence-electron chi connectivity index (χ4n) is 6.00. The quantitative estimate of drug-likeness (QED) is 0.149. The standard InChI is InChI=1S/C32H40O4/c1-20(2)14-15-24-19-31(17-16-21(3)4)27(34)25(26(33)23-12-10-9-11-13-23)28(35)32(29(31)36,18-22(5)6)30(24,7)8/h9-14,16,18,24,33H,15,17,19H2,1-8H3/t24-,31-,32+/m0/s1. The summed E-state index contributed by atoms with van der Waals surface area (Å²) < 4.78 is 0. The number of carbonyl (C=O) groups excluding carboxylic acids is 3. The van der Waals surface area contributed by atoms with Crippen LogP contribution in [0, 0.1) is 22.2 Å². The van der Waals surface area contributed by atoms with Gasteiger partial charge in [0.2, 0.25) is 0 Å². The van der Waals surface area contributed by atoms with Gasteiger partial charge in [-0.15, -0.1) is 0 Å². The summed E-state index contributed by atoms with van der Waals surface area (Å²) in [6.45, 7) is 15.6. The number of allylic oxidation sites excluding steroid dienone is 7. The number of aliphatic hydroxyl groups is 1. The van der Waals surface area contributed by atoms with E-state index in [0.717, 1.165) is 16.7 Å². The Balaban J connectivity index is 2.45. The van der Waals surface area contributed by atoms with E-state index in [1.165, 1.54) is 0 Å². The molecule has 0 aliphatic heterocycles. The second kappa shape index (κ2) is 9.80. The van der Waals surface area contributed by atoms with Gasteiger partial charge in [0.05, 0.1) is 5.41 Å². The summed E-state index contributed by atoms with van der Waals surface area (Å²) in [6, 6.07) is 8.66. The van der Waals surface area contributed by atoms with Gasteiger partial charge in [-0.2, -0.15) is 0 Å². The number of benzene rings is 1. The molecule has 3 atom stereocenters. The number of fused-ring (bicyclic) bond motifs is 2. The molecule has 0 amide bonds. The van der Waals surface area contributed by atoms with E-state index in [-0.39, 0.29) is 29.5 Å². The molecule has 0 spiro atoms. The number of hydrogen-bond acceptors (Lipinski definition) is 4. The van der Waals surface area contributed by atoms with Crippen LogP contribution in [0.5, 0.6) is 0 Å². The first-order valence-corrected chi connectivity index (χ1v) is 12.8. The minimum atomic E-state index is -1.55. The fraction of sp³-hybridized carbons (Fsp3) is 0.469. The summed E-state index contributed by atoms with van der Waals surface area (Å²) in [5.41, 5.74) is -0.602. The Morgan fingerprint density at radius 3 is 2.00 bits per heavy atom. The molecular weight excluding hydrogens is 448 g/mol. The van der Waals surface area contributed by atoms with E-state index in [1.807, 2.05) is 67.5 Å². The van der Waals surface area contributed by atoms with Crippen molar-refractivity contribution in [2.45, 2.75) is 74.7 Å². The third-order valence-corrected chi connectivity index (χ3v) is 8.13. The number of Topliss-reactive ketones (excluding diaryl/α,β-unsaturated/α-hetero) is 3. The SMILES string of the molecule is CC(C)=CC[C@H]1C[C@@]2(CC=C(C)C)C(=O)C(=C(O)c3ccccc3)C(=O)[C@](C=C(C)C)(C2=O)C1(C)C. The third-order valence-electron chi connectivity index (χ3n) is 8.13. The van der Waals surface area contributed by atoms with Crippen molar-refractivity contribution in [1.82, 2.24) is 0 Å². The molecule has 1 aromatic rings. The normalized spacial score (nSPS) is 28.3. The lowest BCUT2D eigenvalue weighted by Gasteiger charge is -2.59. The molecule has 1 aromatic carbocycles. The Bertz CT molecular complexity index is 1200. The van der Waals surface area contributed by atoms with Crippen molar-refractivity contribution in [3.63, 3.8) is 0 Å². The highest BCUT2D eigenvalue weighted by atomic mass is 16.3. The van der Waals surface area contributed by atoms with Gasteiger partial charge in [0.1, 0.15) is 16.7 Å². The van der Waals surface area contributed by atoms with Crippen LogP contribution in [0.1, 0.15) is 80.2 Å². The van der Waals surface area contributed by atoms with Gasteiger partial charge in [-0.05, 0) is 72.1 Å². The summed E-state index contributed by atoms with van der Waals surface area (Å²) in [5.74, 6) is -1.89. The largest absolute Gasteiger partial charge is 0.506 e. The van der Waals surface area contributed by atoms with Crippen LogP contribution in [0.4, 0.5) is 0 Å². The zero-order valence-electron chi connectivity index (χ0n) is 23.0. The minimum absolute atomic E-state index is 0.0837. The molecule has 4 nitrogen and oxygen atoms in total. The highest BCUT2D eigenvalue weighted by Crippen LogP contribution is 2.65. The van der Waals surface area contributed by atoms with Crippen molar-refractivity contribution < 1.29 is 19.5 Å². The summed E-state index contributed by atoms with van der Waals surface area (Å²) in [4.78, 5) is 43.4. The molecule has 192 valence electrons. The lowest BCUT2D eigenvalue weighted by atomic mass is 9.39. The van der Waals surface area contributed by atoms with Crippen LogP contribution >= 0.6 is 0 Å². The fourth-order valence-corrected chi connectivity index (χ4v) is 6.00. The van der Waals surface area contributed by atoms with E-state index in [2.05, 4.69) is 6.08 Å². The molecular formula is C32H40O4. The predicted molar refractivity (Wildman–Crippen MR) is 145 cm³/mol. The Kier molecular flexibility index (Phi) is 7.51. The van der Waals surface area contributed by atoms with Crippen molar-refractivity contribution in [3.05, 3.63) is 76.4 Å². The van der Waals surface area contributed by atoms with Gasteiger partial charge in [0.25, 0.3) is 0 Å². The Morgan fingerprint density at radius 1 is 0.889 bits per heavy atom. The van der Waals surface area contributed by atoms with Crippen molar-refractivity contribution in [3.8, 4) is 0 Å². The van der Waals surface area contributed by atoms with Crippen LogP contribution in [0.2, 0.25) is 0 Å². The van der Waals surface area contributed by atoms with Crippen LogP contribution in [0.3, 0.4) is 0 Å². The maximum Gasteiger partial charge on any atom is 0.188 e. The molecule has 0 aromatic heterocycles. The third kappa shape index (κ3) is 4.25. The Morgan fingerprint density at radius 2 is 1.47 bits per heavy atom. The van der Waals surface area contributed by atoms with Crippen LogP contribution in [-0.4, -0.2) is 22.5 Å². The highest BCUT2D eigenvalue weighted by Gasteiger charge is 2.73. The monoisotopic (exact) mass is 488 g/mol. The zero-order valence-corrected chi connectivity index (χ0v) is 23.0. The molecule has 0 unspecified atom stereocenters. The molecule has 2 bridgehead atoms. The van der Waals surface area contributed by atoms with Gasteiger partial charge in [0, 0.05) is 5.56 Å². The average Bonchev–Trinajstić information content (AvgIpc) is 2.80. The molecule has 36 heavy (non-hydrogen) atoms. The lowest BCUT2D eigenvalue weighted by Crippen LogP contribution is -2.69. The highest BCUT2D eigenvalue weighted by molar-refractivity contribution is 6.42. The Labute approximate surface area is 215 Å². The molecule has 3 rings (SSSR count). The van der Waals surface area contributed by atoms with E-state index in [9.17, 15) is 19.5 Å². The molecule has 2 saturated carbocycles. The predicted octanol–water partition coefficient (Wildman–Crippen LogP) is 7.37. The summed E-state index contributed by atoms with van der Waals surface area (Å²) in [5, 5.41) is 11.4. The first-order valence-electron chi connectivity index (χ1n) is 12.8. The molecule has 2 fully saturated rings. The smallest absolute Gasteiger partial charge is 0.188 e. The van der Waals surface area contributed by atoms with Crippen LogP contribution in [-0.2, 0) is 14.4 Å². The minimum Gasteiger partial charge on any atom is -0.506 e. The molecule has 4 heteroatoms. The summed E-state index contributed by atoms with van der Waals surface area (Å²) >= 11 is 0. The van der Waals surface area contributed by atoms with Crippen molar-refractivity contribution in [2.75, 3.05) is 0 Å². The number of aliphatic hydroxyl groups excluding tert-OH is 1. The van der Waals surface area contributed by atoms with Crippen molar-refractivity contribution >= 4 is 23.1 Å². The summed E-state index contributed by atoms with van der Waals surface area (Å²) in [6.07, 6.45) is 7.05. The zero-order chi connectivity index (χ0) is 27.1. The van der Waals surface area contributed by atoms with E-state index >= 15 is 0 Å². The average molecular weight is 489 g/mol. The van der Waals surface area contributed by atoms with Crippen LogP contribution in [0.15, 0.2) is 70.9 Å². The van der Waals surface area contributed by atoms with E-state index < -0.39 is 27.8 Å².